The van der Waals surface area contributed by atoms with Crippen LogP contribution in [0, 0.1) is 0 Å². The first-order valence-corrected chi connectivity index (χ1v) is 8.13. The van der Waals surface area contributed by atoms with Crippen molar-refractivity contribution in [3.05, 3.63) is 48.6 Å². The predicted molar refractivity (Wildman–Crippen MR) is 93.9 cm³/mol. The van der Waals surface area contributed by atoms with E-state index in [-0.39, 0.29) is 12.1 Å². The maximum Gasteiger partial charge on any atom is 0.0990 e. The molecule has 0 aliphatic heterocycles. The van der Waals surface area contributed by atoms with Crippen molar-refractivity contribution in [1.29, 1.82) is 0 Å². The van der Waals surface area contributed by atoms with Gasteiger partial charge in [0, 0.05) is 5.34 Å². The second-order valence-corrected chi connectivity index (χ2v) is 5.23. The van der Waals surface area contributed by atoms with Crippen molar-refractivity contribution in [2.45, 2.75) is 31.4 Å². The molecule has 0 amide bonds. The lowest BCUT2D eigenvalue weighted by molar-refractivity contribution is -0.534. The summed E-state index contributed by atoms with van der Waals surface area (Å²) in [6.07, 6.45) is 4.02. The van der Waals surface area contributed by atoms with Gasteiger partial charge in [0.25, 0.3) is 0 Å². The van der Waals surface area contributed by atoms with Gasteiger partial charge in [0.05, 0.1) is 26.4 Å². The summed E-state index contributed by atoms with van der Waals surface area (Å²) >= 11 is 0. The van der Waals surface area contributed by atoms with E-state index in [1.165, 1.54) is 24.7 Å². The smallest absolute Gasteiger partial charge is 0.0990 e. The van der Waals surface area contributed by atoms with Crippen LogP contribution in [-0.4, -0.2) is 43.9 Å². The van der Waals surface area contributed by atoms with Gasteiger partial charge in [-0.3, -0.25) is 14.5 Å². The van der Waals surface area contributed by atoms with Crippen molar-refractivity contribution in [2.75, 3.05) is 27.3 Å². The average Bonchev–Trinajstić information content (AvgIpc) is 2.62. The summed E-state index contributed by atoms with van der Waals surface area (Å²) in [7, 11) is 3.01. The first kappa shape index (κ1) is 20.7. The van der Waals surface area contributed by atoms with Crippen molar-refractivity contribution in [1.82, 2.24) is 10.5 Å². The number of hydroxylamine groups is 1. The molecule has 2 unspecified atom stereocenters. The Bertz CT molecular complexity index is 443. The molecular formula is C17H30N4O3. The van der Waals surface area contributed by atoms with Crippen LogP contribution >= 0.6 is 0 Å². The molecule has 7 heteroatoms. The Hall–Kier alpha value is -1.32. The predicted octanol–water partition coefficient (Wildman–Crippen LogP) is 1.94. The van der Waals surface area contributed by atoms with Crippen molar-refractivity contribution < 1.29 is 14.5 Å². The zero-order valence-electron chi connectivity index (χ0n) is 14.6. The molecule has 0 radical (unpaired) electrons. The fourth-order valence-corrected chi connectivity index (χ4v) is 2.38. The quantitative estimate of drug-likeness (QED) is 0.420. The van der Waals surface area contributed by atoms with Crippen LogP contribution in [0.3, 0.4) is 0 Å². The van der Waals surface area contributed by atoms with Crippen LogP contribution in [0.1, 0.15) is 30.9 Å². The van der Waals surface area contributed by atoms with E-state index in [9.17, 15) is 0 Å². The fraction of sp³-hybridized carbons (Fsp3) is 0.529. The molecule has 2 atom stereocenters. The Morgan fingerprint density at radius 2 is 1.75 bits per heavy atom. The van der Waals surface area contributed by atoms with Gasteiger partial charge in [-0.05, 0) is 37.9 Å². The largest absolute Gasteiger partial charge is 0.330 e. The van der Waals surface area contributed by atoms with Gasteiger partial charge in [-0.2, -0.15) is 0 Å². The molecule has 0 bridgehead atoms. The molecule has 0 saturated heterocycles. The summed E-state index contributed by atoms with van der Waals surface area (Å²) in [5, 5.41) is 2.71. The SMILES string of the molecule is C=CC(c1ccccc1)N(OC(CCN)CCCN)N(OC)OC. The van der Waals surface area contributed by atoms with Gasteiger partial charge in [-0.25, -0.2) is 0 Å². The summed E-state index contributed by atoms with van der Waals surface area (Å²) in [6, 6.07) is 9.56. The zero-order chi connectivity index (χ0) is 17.8. The van der Waals surface area contributed by atoms with Gasteiger partial charge < -0.3 is 11.5 Å². The molecule has 136 valence electrons. The molecule has 1 rings (SSSR count). The van der Waals surface area contributed by atoms with E-state index in [0.29, 0.717) is 19.5 Å². The molecule has 1 aromatic carbocycles. The Kier molecular flexibility index (Phi) is 10.4. The molecule has 0 fully saturated rings. The Balaban J connectivity index is 3.02. The van der Waals surface area contributed by atoms with Crippen LogP contribution in [0.25, 0.3) is 0 Å². The first-order valence-electron chi connectivity index (χ1n) is 8.13. The normalized spacial score (nSPS) is 14.1. The number of nitrogens with zero attached hydrogens (tertiary/aromatic N) is 2. The van der Waals surface area contributed by atoms with E-state index in [2.05, 4.69) is 6.58 Å². The van der Waals surface area contributed by atoms with Crippen LogP contribution in [0.5, 0.6) is 0 Å². The summed E-state index contributed by atoms with van der Waals surface area (Å²) < 4.78 is 0. The first-order chi connectivity index (χ1) is 11.7. The van der Waals surface area contributed by atoms with Crippen molar-refractivity contribution in [3.63, 3.8) is 0 Å². The van der Waals surface area contributed by atoms with Gasteiger partial charge in [-0.15, -0.1) is 6.58 Å². The molecule has 0 aliphatic rings. The molecule has 0 aliphatic carbocycles. The molecule has 24 heavy (non-hydrogen) atoms. The van der Waals surface area contributed by atoms with Gasteiger partial charge >= 0.3 is 0 Å². The monoisotopic (exact) mass is 338 g/mol. The van der Waals surface area contributed by atoms with E-state index in [1.807, 2.05) is 30.3 Å². The standard InChI is InChI=1S/C17H30N4O3/c1-4-17(15-9-6-5-7-10-15)20(21(22-2)23-3)24-16(12-14-19)11-8-13-18/h4-7,9-10,16-17H,1,8,11-14,18-19H2,2-3H3. The number of hydrogen-bond donors (Lipinski definition) is 2. The Morgan fingerprint density at radius 3 is 2.25 bits per heavy atom. The highest BCUT2D eigenvalue weighted by atomic mass is 17.0. The Labute approximate surface area is 144 Å². The highest BCUT2D eigenvalue weighted by molar-refractivity contribution is 5.21. The fourth-order valence-electron chi connectivity index (χ4n) is 2.38. The third-order valence-electron chi connectivity index (χ3n) is 3.55. The maximum absolute atomic E-state index is 6.15. The van der Waals surface area contributed by atoms with Crippen LogP contribution in [0.4, 0.5) is 0 Å². The summed E-state index contributed by atoms with van der Waals surface area (Å²) in [5.41, 5.74) is 12.3. The molecule has 0 spiro atoms. The van der Waals surface area contributed by atoms with E-state index in [4.69, 9.17) is 26.0 Å². The van der Waals surface area contributed by atoms with Gasteiger partial charge in [-0.1, -0.05) is 41.6 Å². The minimum Gasteiger partial charge on any atom is -0.330 e. The lowest BCUT2D eigenvalue weighted by Crippen LogP contribution is -2.45. The number of benzene rings is 1. The van der Waals surface area contributed by atoms with E-state index < -0.39 is 0 Å². The number of hydrogen-bond acceptors (Lipinski definition) is 7. The number of hydrazine groups is 1. The van der Waals surface area contributed by atoms with E-state index >= 15 is 0 Å². The molecule has 1 aromatic rings. The van der Waals surface area contributed by atoms with Crippen LogP contribution in [0.2, 0.25) is 0 Å². The van der Waals surface area contributed by atoms with Crippen molar-refractivity contribution in [2.24, 2.45) is 11.5 Å². The second-order valence-electron chi connectivity index (χ2n) is 5.23. The van der Waals surface area contributed by atoms with Crippen LogP contribution in [-0.2, 0) is 14.5 Å². The molecule has 7 nitrogen and oxygen atoms in total. The van der Waals surface area contributed by atoms with Crippen molar-refractivity contribution in [3.8, 4) is 0 Å². The Morgan fingerprint density at radius 1 is 1.08 bits per heavy atom. The van der Waals surface area contributed by atoms with Gasteiger partial charge in [0.15, 0.2) is 0 Å². The third-order valence-corrected chi connectivity index (χ3v) is 3.55. The number of rotatable bonds is 13. The van der Waals surface area contributed by atoms with E-state index in [1.54, 1.807) is 6.08 Å². The molecule has 4 N–H and O–H groups in total. The lowest BCUT2D eigenvalue weighted by atomic mass is 10.1. The highest BCUT2D eigenvalue weighted by Crippen LogP contribution is 2.26. The van der Waals surface area contributed by atoms with Crippen LogP contribution in [0.15, 0.2) is 43.0 Å². The maximum atomic E-state index is 6.15. The molecule has 0 heterocycles. The summed E-state index contributed by atoms with van der Waals surface area (Å²) in [5.74, 6) is 0. The second kappa shape index (κ2) is 12.1. The van der Waals surface area contributed by atoms with E-state index in [0.717, 1.165) is 18.4 Å². The summed E-state index contributed by atoms with van der Waals surface area (Å²) in [4.78, 5) is 16.7. The van der Waals surface area contributed by atoms with Crippen molar-refractivity contribution >= 4 is 0 Å². The molecular weight excluding hydrogens is 308 g/mol. The highest BCUT2D eigenvalue weighted by Gasteiger charge is 2.29. The molecule has 0 saturated carbocycles. The minimum atomic E-state index is -0.288. The molecule has 0 aromatic heterocycles. The summed E-state index contributed by atoms with van der Waals surface area (Å²) in [6.45, 7) is 5.05. The lowest BCUT2D eigenvalue weighted by Gasteiger charge is -2.36. The number of nitrogens with two attached hydrogens (primary N) is 2. The average molecular weight is 338 g/mol. The topological polar surface area (TPSA) is 86.2 Å². The van der Waals surface area contributed by atoms with Gasteiger partial charge in [0.1, 0.15) is 0 Å². The third kappa shape index (κ3) is 6.29. The van der Waals surface area contributed by atoms with Crippen LogP contribution < -0.4 is 11.5 Å². The minimum absolute atomic E-state index is 0.0995. The van der Waals surface area contributed by atoms with Gasteiger partial charge in [0.2, 0.25) is 0 Å². The zero-order valence-corrected chi connectivity index (χ0v) is 14.6.